The van der Waals surface area contributed by atoms with Crippen LogP contribution in [0.25, 0.3) is 0 Å². The molecule has 1 amide bonds. The van der Waals surface area contributed by atoms with Crippen LogP contribution in [-0.4, -0.2) is 61.3 Å². The van der Waals surface area contributed by atoms with Crippen molar-refractivity contribution >= 4 is 12.1 Å². The normalized spacial score (nSPS) is 15.5. The van der Waals surface area contributed by atoms with E-state index in [1.54, 1.807) is 6.21 Å². The number of hydrogen-bond donors (Lipinski definition) is 1. The number of carbonyl (C=O) groups excluding carboxylic acids is 1. The zero-order valence-corrected chi connectivity index (χ0v) is 17.3. The SMILES string of the molecule is CCOc1ccccc1/C=N\NC(=O)CN1CCN(Cc2ccc(C)cc2)CC1. The standard InChI is InChI=1S/C23H30N4O2/c1-3-29-22-7-5-4-6-21(22)16-24-25-23(28)18-27-14-12-26(13-15-27)17-20-10-8-19(2)9-11-20/h4-11,16H,3,12-15,17-18H2,1-2H3,(H,25,28)/b24-16-. The number of rotatable bonds is 8. The zero-order valence-electron chi connectivity index (χ0n) is 17.3. The first-order valence-electron chi connectivity index (χ1n) is 10.2. The molecule has 1 N–H and O–H groups in total. The number of nitrogens with zero attached hydrogens (tertiary/aromatic N) is 3. The minimum atomic E-state index is -0.0953. The van der Waals surface area contributed by atoms with Gasteiger partial charge < -0.3 is 4.74 Å². The number of hydrazone groups is 1. The lowest BCUT2D eigenvalue weighted by Crippen LogP contribution is -2.48. The second kappa shape index (κ2) is 10.7. The van der Waals surface area contributed by atoms with Gasteiger partial charge in [0.25, 0.3) is 5.91 Å². The monoisotopic (exact) mass is 394 g/mol. The second-order valence-electron chi connectivity index (χ2n) is 7.30. The minimum Gasteiger partial charge on any atom is -0.493 e. The molecule has 0 bridgehead atoms. The Hall–Kier alpha value is -2.70. The minimum absolute atomic E-state index is 0.0953. The van der Waals surface area contributed by atoms with E-state index in [0.29, 0.717) is 13.2 Å². The highest BCUT2D eigenvalue weighted by molar-refractivity contribution is 5.85. The van der Waals surface area contributed by atoms with Gasteiger partial charge in [0.2, 0.25) is 0 Å². The third-order valence-corrected chi connectivity index (χ3v) is 4.97. The number of aryl methyl sites for hydroxylation is 1. The van der Waals surface area contributed by atoms with Crippen molar-refractivity contribution in [2.75, 3.05) is 39.3 Å². The van der Waals surface area contributed by atoms with Gasteiger partial charge in [0, 0.05) is 38.3 Å². The van der Waals surface area contributed by atoms with E-state index in [2.05, 4.69) is 51.5 Å². The summed E-state index contributed by atoms with van der Waals surface area (Å²) in [4.78, 5) is 16.8. The highest BCUT2D eigenvalue weighted by Gasteiger charge is 2.18. The number of hydrogen-bond acceptors (Lipinski definition) is 5. The van der Waals surface area contributed by atoms with Crippen LogP contribution in [0, 0.1) is 6.92 Å². The van der Waals surface area contributed by atoms with E-state index in [0.717, 1.165) is 44.0 Å². The van der Waals surface area contributed by atoms with Crippen molar-refractivity contribution in [3.05, 3.63) is 65.2 Å². The summed E-state index contributed by atoms with van der Waals surface area (Å²) in [6.45, 7) is 9.66. The van der Waals surface area contributed by atoms with Crippen LogP contribution in [0.4, 0.5) is 0 Å². The Morgan fingerprint density at radius 1 is 1.07 bits per heavy atom. The highest BCUT2D eigenvalue weighted by atomic mass is 16.5. The maximum Gasteiger partial charge on any atom is 0.254 e. The number of amides is 1. The van der Waals surface area contributed by atoms with Gasteiger partial charge in [0.05, 0.1) is 19.4 Å². The molecule has 0 saturated carbocycles. The molecule has 6 nitrogen and oxygen atoms in total. The molecule has 0 aromatic heterocycles. The Balaban J connectivity index is 1.40. The fourth-order valence-electron chi connectivity index (χ4n) is 3.34. The fourth-order valence-corrected chi connectivity index (χ4v) is 3.34. The van der Waals surface area contributed by atoms with Crippen LogP contribution in [0.5, 0.6) is 5.75 Å². The maximum atomic E-state index is 12.2. The number of piperazine rings is 1. The molecular formula is C23H30N4O2. The summed E-state index contributed by atoms with van der Waals surface area (Å²) in [5.74, 6) is 0.667. The van der Waals surface area contributed by atoms with Crippen molar-refractivity contribution < 1.29 is 9.53 Å². The van der Waals surface area contributed by atoms with Crippen LogP contribution in [0.15, 0.2) is 53.6 Å². The van der Waals surface area contributed by atoms with Crippen LogP contribution < -0.4 is 10.2 Å². The van der Waals surface area contributed by atoms with Gasteiger partial charge in [-0.3, -0.25) is 14.6 Å². The number of nitrogens with one attached hydrogen (secondary N) is 1. The van der Waals surface area contributed by atoms with E-state index >= 15 is 0 Å². The molecule has 0 aliphatic carbocycles. The summed E-state index contributed by atoms with van der Waals surface area (Å²) >= 11 is 0. The van der Waals surface area contributed by atoms with Crippen LogP contribution in [0.2, 0.25) is 0 Å². The number of para-hydroxylation sites is 1. The van der Waals surface area contributed by atoms with Crippen LogP contribution in [-0.2, 0) is 11.3 Å². The van der Waals surface area contributed by atoms with Crippen LogP contribution >= 0.6 is 0 Å². The van der Waals surface area contributed by atoms with E-state index < -0.39 is 0 Å². The third kappa shape index (κ3) is 6.69. The van der Waals surface area contributed by atoms with E-state index in [1.165, 1.54) is 11.1 Å². The van der Waals surface area contributed by atoms with Gasteiger partial charge in [-0.25, -0.2) is 5.43 Å². The molecule has 0 unspecified atom stereocenters. The van der Waals surface area contributed by atoms with Crippen molar-refractivity contribution in [1.29, 1.82) is 0 Å². The van der Waals surface area contributed by atoms with Crippen LogP contribution in [0.3, 0.4) is 0 Å². The van der Waals surface area contributed by atoms with Gasteiger partial charge in [-0.2, -0.15) is 5.10 Å². The first-order chi connectivity index (χ1) is 14.1. The second-order valence-corrected chi connectivity index (χ2v) is 7.30. The Kier molecular flexibility index (Phi) is 7.78. The molecule has 1 aliphatic rings. The van der Waals surface area contributed by atoms with Crippen molar-refractivity contribution in [2.45, 2.75) is 20.4 Å². The lowest BCUT2D eigenvalue weighted by Gasteiger charge is -2.34. The van der Waals surface area contributed by atoms with Crippen molar-refractivity contribution in [3.8, 4) is 5.75 Å². The van der Waals surface area contributed by atoms with E-state index in [-0.39, 0.29) is 5.91 Å². The molecular weight excluding hydrogens is 364 g/mol. The number of ether oxygens (including phenoxy) is 1. The molecule has 29 heavy (non-hydrogen) atoms. The first kappa shape index (κ1) is 21.0. The molecule has 3 rings (SSSR count). The largest absolute Gasteiger partial charge is 0.493 e. The summed E-state index contributed by atoms with van der Waals surface area (Å²) in [6.07, 6.45) is 1.63. The van der Waals surface area contributed by atoms with Crippen LogP contribution in [0.1, 0.15) is 23.6 Å². The van der Waals surface area contributed by atoms with Crippen molar-refractivity contribution in [2.24, 2.45) is 5.10 Å². The van der Waals surface area contributed by atoms with Gasteiger partial charge in [0.15, 0.2) is 0 Å². The first-order valence-corrected chi connectivity index (χ1v) is 10.2. The Morgan fingerprint density at radius 2 is 1.76 bits per heavy atom. The molecule has 1 heterocycles. The van der Waals surface area contributed by atoms with Gasteiger partial charge in [0.1, 0.15) is 5.75 Å². The van der Waals surface area contributed by atoms with E-state index in [4.69, 9.17) is 4.74 Å². The van der Waals surface area contributed by atoms with Gasteiger partial charge in [-0.1, -0.05) is 42.0 Å². The summed E-state index contributed by atoms with van der Waals surface area (Å²) in [5, 5.41) is 4.09. The fraction of sp³-hybridized carbons (Fsp3) is 0.391. The molecule has 0 radical (unpaired) electrons. The molecule has 154 valence electrons. The quantitative estimate of drug-likeness (QED) is 0.552. The Labute approximate surface area is 173 Å². The third-order valence-electron chi connectivity index (χ3n) is 4.97. The summed E-state index contributed by atoms with van der Waals surface area (Å²) in [7, 11) is 0. The molecule has 2 aromatic carbocycles. The maximum absolute atomic E-state index is 12.2. The number of carbonyl (C=O) groups is 1. The Morgan fingerprint density at radius 3 is 2.48 bits per heavy atom. The van der Waals surface area contributed by atoms with E-state index in [9.17, 15) is 4.79 Å². The lowest BCUT2D eigenvalue weighted by molar-refractivity contribution is -0.122. The van der Waals surface area contributed by atoms with Gasteiger partial charge in [-0.05, 0) is 31.5 Å². The Bertz CT molecular complexity index is 812. The topological polar surface area (TPSA) is 57.2 Å². The van der Waals surface area contributed by atoms with Gasteiger partial charge in [-0.15, -0.1) is 0 Å². The van der Waals surface area contributed by atoms with Crippen molar-refractivity contribution in [3.63, 3.8) is 0 Å². The van der Waals surface area contributed by atoms with Gasteiger partial charge >= 0.3 is 0 Å². The average Bonchev–Trinajstić information content (AvgIpc) is 2.73. The predicted molar refractivity (Wildman–Crippen MR) is 116 cm³/mol. The molecule has 0 spiro atoms. The smallest absolute Gasteiger partial charge is 0.254 e. The number of benzene rings is 2. The molecule has 1 fully saturated rings. The summed E-state index contributed by atoms with van der Waals surface area (Å²) in [6, 6.07) is 16.3. The molecule has 1 saturated heterocycles. The van der Waals surface area contributed by atoms with E-state index in [1.807, 2.05) is 31.2 Å². The molecule has 2 aromatic rings. The molecule has 0 atom stereocenters. The predicted octanol–water partition coefficient (Wildman–Crippen LogP) is 2.66. The van der Waals surface area contributed by atoms with Crippen molar-refractivity contribution in [1.82, 2.24) is 15.2 Å². The summed E-state index contributed by atoms with van der Waals surface area (Å²) in [5.41, 5.74) is 6.09. The summed E-state index contributed by atoms with van der Waals surface area (Å²) < 4.78 is 5.56. The molecule has 1 aliphatic heterocycles. The lowest BCUT2D eigenvalue weighted by atomic mass is 10.1. The zero-order chi connectivity index (χ0) is 20.5. The molecule has 6 heteroatoms. The highest BCUT2D eigenvalue weighted by Crippen LogP contribution is 2.15. The average molecular weight is 395 g/mol.